The molecule has 222 valence electrons. The number of hydrogen-bond donors (Lipinski definition) is 0. The molecule has 46 heavy (non-hydrogen) atoms. The minimum atomic E-state index is 0.203. The van der Waals surface area contributed by atoms with Gasteiger partial charge in [0.05, 0.1) is 0 Å². The minimum absolute atomic E-state index is 0.203. The Hall–Kier alpha value is -5.86. The SMILES string of the molecule is c1ccc(CC(c2ccc(N(c3ccccc3)c3ccccc3)cc2)c2ccc(N(c3ccccc3)c3ccccc3)cc2)cc1. The first-order chi connectivity index (χ1) is 22.8. The van der Waals surface area contributed by atoms with Gasteiger partial charge in [0.15, 0.2) is 0 Å². The molecule has 0 aromatic heterocycles. The number of rotatable bonds is 10. The minimum Gasteiger partial charge on any atom is -0.311 e. The monoisotopic (exact) mass is 592 g/mol. The maximum absolute atomic E-state index is 2.31. The van der Waals surface area contributed by atoms with E-state index in [0.29, 0.717) is 0 Å². The lowest BCUT2D eigenvalue weighted by Gasteiger charge is -2.27. The van der Waals surface area contributed by atoms with Crippen LogP contribution in [0.2, 0.25) is 0 Å². The Morgan fingerprint density at radius 2 is 0.543 bits per heavy atom. The van der Waals surface area contributed by atoms with Crippen molar-refractivity contribution < 1.29 is 0 Å². The molecule has 0 aliphatic rings. The second-order valence-electron chi connectivity index (χ2n) is 11.4. The summed E-state index contributed by atoms with van der Waals surface area (Å²) in [6, 6.07) is 71.3. The second-order valence-corrected chi connectivity index (χ2v) is 11.4. The van der Waals surface area contributed by atoms with Crippen LogP contribution in [0.1, 0.15) is 22.6 Å². The molecule has 0 fully saturated rings. The van der Waals surface area contributed by atoms with E-state index in [9.17, 15) is 0 Å². The van der Waals surface area contributed by atoms with Crippen LogP contribution in [0.3, 0.4) is 0 Å². The van der Waals surface area contributed by atoms with Gasteiger partial charge in [-0.2, -0.15) is 0 Å². The molecule has 0 amide bonds. The van der Waals surface area contributed by atoms with Crippen LogP contribution in [0.4, 0.5) is 34.1 Å². The Morgan fingerprint density at radius 1 is 0.283 bits per heavy atom. The molecule has 7 aromatic carbocycles. The molecule has 2 nitrogen and oxygen atoms in total. The predicted molar refractivity (Wildman–Crippen MR) is 194 cm³/mol. The van der Waals surface area contributed by atoms with Gasteiger partial charge in [-0.15, -0.1) is 0 Å². The highest BCUT2D eigenvalue weighted by atomic mass is 15.1. The lowest BCUT2D eigenvalue weighted by atomic mass is 9.85. The molecular formula is C44H36N2. The van der Waals surface area contributed by atoms with Crippen LogP contribution >= 0.6 is 0 Å². The molecule has 0 saturated carbocycles. The molecule has 0 radical (unpaired) electrons. The van der Waals surface area contributed by atoms with Crippen molar-refractivity contribution in [3.8, 4) is 0 Å². The average Bonchev–Trinajstić information content (AvgIpc) is 3.14. The van der Waals surface area contributed by atoms with Crippen molar-refractivity contribution in [2.75, 3.05) is 9.80 Å². The zero-order valence-electron chi connectivity index (χ0n) is 25.7. The normalized spacial score (nSPS) is 10.9. The van der Waals surface area contributed by atoms with Crippen LogP contribution in [-0.4, -0.2) is 0 Å². The standard InChI is InChI=1S/C44H36N2/c1-6-16-35(17-7-1)34-44(36-26-30-42(31-27-36)45(38-18-8-2-9-19-38)39-20-10-3-11-21-39)37-28-32-43(33-29-37)46(40-22-12-4-13-23-40)41-24-14-5-15-25-41/h1-33,44H,34H2. The van der Waals surface area contributed by atoms with E-state index in [-0.39, 0.29) is 5.92 Å². The Kier molecular flexibility index (Phi) is 8.69. The highest BCUT2D eigenvalue weighted by Gasteiger charge is 2.19. The molecular weight excluding hydrogens is 556 g/mol. The van der Waals surface area contributed by atoms with Gasteiger partial charge >= 0.3 is 0 Å². The molecule has 0 bridgehead atoms. The molecule has 0 atom stereocenters. The molecule has 0 aliphatic heterocycles. The largest absolute Gasteiger partial charge is 0.311 e. The van der Waals surface area contributed by atoms with Gasteiger partial charge in [-0.05, 0) is 95.9 Å². The smallest absolute Gasteiger partial charge is 0.0461 e. The van der Waals surface area contributed by atoms with Crippen LogP contribution in [0, 0.1) is 0 Å². The highest BCUT2D eigenvalue weighted by Crippen LogP contribution is 2.38. The fourth-order valence-electron chi connectivity index (χ4n) is 6.19. The van der Waals surface area contributed by atoms with Crippen LogP contribution in [-0.2, 0) is 6.42 Å². The van der Waals surface area contributed by atoms with Crippen molar-refractivity contribution in [2.45, 2.75) is 12.3 Å². The molecule has 0 aliphatic carbocycles. The zero-order valence-corrected chi connectivity index (χ0v) is 25.7. The number of anilines is 6. The number of para-hydroxylation sites is 4. The topological polar surface area (TPSA) is 6.48 Å². The molecule has 7 rings (SSSR count). The molecule has 0 spiro atoms. The van der Waals surface area contributed by atoms with Crippen molar-refractivity contribution >= 4 is 34.1 Å². The van der Waals surface area contributed by atoms with Gasteiger partial charge < -0.3 is 9.80 Å². The molecule has 0 unspecified atom stereocenters. The molecule has 2 heteroatoms. The summed E-state index contributed by atoms with van der Waals surface area (Å²) in [4.78, 5) is 4.62. The predicted octanol–water partition coefficient (Wildman–Crippen LogP) is 12.0. The van der Waals surface area contributed by atoms with Gasteiger partial charge in [-0.3, -0.25) is 0 Å². The number of benzene rings is 7. The molecule has 0 N–H and O–H groups in total. The van der Waals surface area contributed by atoms with E-state index in [1.807, 2.05) is 0 Å². The Balaban J connectivity index is 1.25. The number of nitrogens with zero attached hydrogens (tertiary/aromatic N) is 2. The summed E-state index contributed by atoms with van der Waals surface area (Å²) in [7, 11) is 0. The third-order valence-electron chi connectivity index (χ3n) is 8.45. The van der Waals surface area contributed by atoms with Gasteiger partial charge in [0, 0.05) is 40.0 Å². The maximum Gasteiger partial charge on any atom is 0.0461 e. The van der Waals surface area contributed by atoms with Crippen LogP contribution in [0.5, 0.6) is 0 Å². The molecule has 0 heterocycles. The third kappa shape index (κ3) is 6.47. The van der Waals surface area contributed by atoms with Crippen molar-refractivity contribution in [3.63, 3.8) is 0 Å². The maximum atomic E-state index is 2.31. The summed E-state index contributed by atoms with van der Waals surface area (Å²) in [6.07, 6.45) is 0.918. The van der Waals surface area contributed by atoms with Gasteiger partial charge in [0.25, 0.3) is 0 Å². The summed E-state index contributed by atoms with van der Waals surface area (Å²) < 4.78 is 0. The fourth-order valence-corrected chi connectivity index (χ4v) is 6.19. The summed E-state index contributed by atoms with van der Waals surface area (Å²) in [6.45, 7) is 0. The summed E-state index contributed by atoms with van der Waals surface area (Å²) >= 11 is 0. The van der Waals surface area contributed by atoms with Gasteiger partial charge in [0.2, 0.25) is 0 Å². The van der Waals surface area contributed by atoms with Crippen molar-refractivity contribution in [1.82, 2.24) is 0 Å². The highest BCUT2D eigenvalue weighted by molar-refractivity contribution is 5.77. The molecule has 0 saturated heterocycles. The van der Waals surface area contributed by atoms with E-state index >= 15 is 0 Å². The number of hydrogen-bond acceptors (Lipinski definition) is 2. The Labute approximate surface area is 272 Å². The first-order valence-corrected chi connectivity index (χ1v) is 15.9. The first-order valence-electron chi connectivity index (χ1n) is 15.9. The quantitative estimate of drug-likeness (QED) is 0.156. The van der Waals surface area contributed by atoms with E-state index < -0.39 is 0 Å². The van der Waals surface area contributed by atoms with E-state index in [1.54, 1.807) is 0 Å². The van der Waals surface area contributed by atoms with Crippen LogP contribution in [0.15, 0.2) is 200 Å². The zero-order chi connectivity index (χ0) is 31.0. The van der Waals surface area contributed by atoms with Crippen LogP contribution in [0.25, 0.3) is 0 Å². The summed E-state index contributed by atoms with van der Waals surface area (Å²) in [5, 5.41) is 0. The van der Waals surface area contributed by atoms with Gasteiger partial charge in [0.1, 0.15) is 0 Å². The van der Waals surface area contributed by atoms with E-state index in [0.717, 1.165) is 40.5 Å². The van der Waals surface area contributed by atoms with E-state index in [1.165, 1.54) is 16.7 Å². The van der Waals surface area contributed by atoms with Crippen molar-refractivity contribution in [3.05, 3.63) is 217 Å². The van der Waals surface area contributed by atoms with E-state index in [2.05, 4.69) is 210 Å². The Morgan fingerprint density at radius 3 is 0.848 bits per heavy atom. The van der Waals surface area contributed by atoms with Gasteiger partial charge in [-0.1, -0.05) is 127 Å². The van der Waals surface area contributed by atoms with Crippen LogP contribution < -0.4 is 9.80 Å². The van der Waals surface area contributed by atoms with Crippen molar-refractivity contribution in [2.24, 2.45) is 0 Å². The average molecular weight is 593 g/mol. The van der Waals surface area contributed by atoms with E-state index in [4.69, 9.17) is 0 Å². The second kappa shape index (κ2) is 13.8. The first kappa shape index (κ1) is 28.9. The summed E-state index contributed by atoms with van der Waals surface area (Å²) in [5.74, 6) is 0.203. The van der Waals surface area contributed by atoms with Crippen molar-refractivity contribution in [1.29, 1.82) is 0 Å². The van der Waals surface area contributed by atoms with Gasteiger partial charge in [-0.25, -0.2) is 0 Å². The third-order valence-corrected chi connectivity index (χ3v) is 8.45. The summed E-state index contributed by atoms with van der Waals surface area (Å²) in [5.41, 5.74) is 10.7. The Bertz CT molecular complexity index is 1720. The molecule has 7 aromatic rings. The fraction of sp³-hybridized carbons (Fsp3) is 0.0455. The lowest BCUT2D eigenvalue weighted by Crippen LogP contribution is -2.11. The lowest BCUT2D eigenvalue weighted by molar-refractivity contribution is 0.805.